The van der Waals surface area contributed by atoms with Gasteiger partial charge in [0.25, 0.3) is 0 Å². The van der Waals surface area contributed by atoms with Gasteiger partial charge in [-0.15, -0.1) is 0 Å². The molecule has 0 saturated carbocycles. The van der Waals surface area contributed by atoms with Crippen molar-refractivity contribution in [2.24, 2.45) is 0 Å². The number of rotatable bonds is 4. The maximum atomic E-state index is 12.9. The van der Waals surface area contributed by atoms with Crippen LogP contribution in [0.1, 0.15) is 85.7 Å². The SMILES string of the molecule is CC.CC.CC.CNC(C)c1ccc(-c2nc(C(F)(F)F)cn2C(C)C)cc1. The molecule has 0 aliphatic heterocycles. The fourth-order valence-corrected chi connectivity index (χ4v) is 2.22. The van der Waals surface area contributed by atoms with Gasteiger partial charge < -0.3 is 9.88 Å². The number of halogens is 3. The summed E-state index contributed by atoms with van der Waals surface area (Å²) in [7, 11) is 1.86. The van der Waals surface area contributed by atoms with Crippen molar-refractivity contribution in [2.75, 3.05) is 7.05 Å². The molecule has 0 bridgehead atoms. The lowest BCUT2D eigenvalue weighted by Gasteiger charge is -2.13. The van der Waals surface area contributed by atoms with Crippen LogP contribution in [0.3, 0.4) is 0 Å². The molecule has 1 N–H and O–H groups in total. The predicted octanol–water partition coefficient (Wildman–Crippen LogP) is 7.51. The number of hydrogen-bond acceptors (Lipinski definition) is 2. The van der Waals surface area contributed by atoms with Crippen molar-refractivity contribution in [3.8, 4) is 11.4 Å². The first-order valence-electron chi connectivity index (χ1n) is 10.2. The summed E-state index contributed by atoms with van der Waals surface area (Å²) in [5.41, 5.74) is 0.894. The van der Waals surface area contributed by atoms with E-state index in [0.29, 0.717) is 11.4 Å². The molecule has 0 aliphatic carbocycles. The molecular weight excluding hydrogens is 363 g/mol. The Morgan fingerprint density at radius 3 is 1.71 bits per heavy atom. The molecule has 0 aliphatic rings. The number of alkyl halides is 3. The number of aromatic nitrogens is 2. The van der Waals surface area contributed by atoms with E-state index in [1.165, 1.54) is 0 Å². The van der Waals surface area contributed by atoms with Crippen molar-refractivity contribution in [1.29, 1.82) is 0 Å². The van der Waals surface area contributed by atoms with Gasteiger partial charge in [0.2, 0.25) is 0 Å². The van der Waals surface area contributed by atoms with Crippen LogP contribution in [0.4, 0.5) is 13.2 Å². The average molecular weight is 402 g/mol. The third-order valence-electron chi connectivity index (χ3n) is 3.68. The van der Waals surface area contributed by atoms with Gasteiger partial charge in [0, 0.05) is 23.8 Å². The van der Waals surface area contributed by atoms with E-state index in [-0.39, 0.29) is 12.1 Å². The molecule has 2 rings (SSSR count). The topological polar surface area (TPSA) is 29.9 Å². The number of nitrogens with one attached hydrogen (secondary N) is 1. The number of imidazole rings is 1. The Kier molecular flexibility index (Phi) is 14.4. The van der Waals surface area contributed by atoms with Crippen LogP contribution in [0, 0.1) is 0 Å². The molecular formula is C22H38F3N3. The number of hydrogen-bond donors (Lipinski definition) is 1. The fraction of sp³-hybridized carbons (Fsp3) is 0.591. The zero-order chi connectivity index (χ0) is 22.5. The molecule has 0 amide bonds. The Morgan fingerprint density at radius 1 is 0.893 bits per heavy atom. The lowest BCUT2D eigenvalue weighted by Crippen LogP contribution is -2.12. The first-order valence-corrected chi connectivity index (χ1v) is 10.2. The first kappa shape index (κ1) is 28.4. The van der Waals surface area contributed by atoms with Crippen LogP contribution >= 0.6 is 0 Å². The predicted molar refractivity (Wildman–Crippen MR) is 115 cm³/mol. The third-order valence-corrected chi connectivity index (χ3v) is 3.68. The van der Waals surface area contributed by atoms with Crippen molar-refractivity contribution >= 4 is 0 Å². The largest absolute Gasteiger partial charge is 0.434 e. The number of nitrogens with zero attached hydrogens (tertiary/aromatic N) is 2. The van der Waals surface area contributed by atoms with Crippen LogP contribution < -0.4 is 5.32 Å². The highest BCUT2D eigenvalue weighted by Gasteiger charge is 2.35. The Balaban J connectivity index is 0. The van der Waals surface area contributed by atoms with E-state index in [0.717, 1.165) is 11.8 Å². The average Bonchev–Trinajstić information content (AvgIpc) is 3.18. The van der Waals surface area contributed by atoms with Gasteiger partial charge in [-0.25, -0.2) is 4.98 Å². The fourth-order valence-electron chi connectivity index (χ4n) is 2.22. The Hall–Kier alpha value is -1.82. The summed E-state index contributed by atoms with van der Waals surface area (Å²) in [6.45, 7) is 17.7. The zero-order valence-corrected chi connectivity index (χ0v) is 19.1. The second-order valence-corrected chi connectivity index (χ2v) is 5.58. The molecule has 3 nitrogen and oxygen atoms in total. The Bertz CT molecular complexity index is 629. The minimum absolute atomic E-state index is 0.102. The van der Waals surface area contributed by atoms with Crippen molar-refractivity contribution in [1.82, 2.24) is 14.9 Å². The van der Waals surface area contributed by atoms with Crippen LogP contribution in [-0.2, 0) is 6.18 Å². The molecule has 0 spiro atoms. The lowest BCUT2D eigenvalue weighted by atomic mass is 10.1. The summed E-state index contributed by atoms with van der Waals surface area (Å²) >= 11 is 0. The van der Waals surface area contributed by atoms with Gasteiger partial charge in [0.1, 0.15) is 5.82 Å². The molecule has 28 heavy (non-hydrogen) atoms. The molecule has 0 radical (unpaired) electrons. The van der Waals surface area contributed by atoms with Crippen molar-refractivity contribution in [3.05, 3.63) is 41.7 Å². The summed E-state index contributed by atoms with van der Waals surface area (Å²) in [4.78, 5) is 3.79. The second-order valence-electron chi connectivity index (χ2n) is 5.58. The van der Waals surface area contributed by atoms with Gasteiger partial charge in [-0.3, -0.25) is 0 Å². The van der Waals surface area contributed by atoms with Crippen LogP contribution in [0.15, 0.2) is 30.5 Å². The van der Waals surface area contributed by atoms with E-state index in [2.05, 4.69) is 10.3 Å². The van der Waals surface area contributed by atoms with E-state index < -0.39 is 11.9 Å². The lowest BCUT2D eigenvalue weighted by molar-refractivity contribution is -0.140. The maximum absolute atomic E-state index is 12.9. The van der Waals surface area contributed by atoms with E-state index in [4.69, 9.17) is 0 Å². The standard InChI is InChI=1S/C16H20F3N3.3C2H6/c1-10(2)22-9-14(16(17,18)19)21-15(22)13-7-5-12(6-8-13)11(3)20-4;3*1-2/h5-11,20H,1-4H3;3*1-2H3. The van der Waals surface area contributed by atoms with Crippen LogP contribution in [0.25, 0.3) is 11.4 Å². The summed E-state index contributed by atoms with van der Waals surface area (Å²) in [5.74, 6) is 0.339. The summed E-state index contributed by atoms with van der Waals surface area (Å²) in [6, 6.07) is 7.51. The molecule has 0 fully saturated rings. The van der Waals surface area contributed by atoms with E-state index >= 15 is 0 Å². The normalized spacial score (nSPS) is 11.4. The highest BCUT2D eigenvalue weighted by Crippen LogP contribution is 2.32. The van der Waals surface area contributed by atoms with Gasteiger partial charge in [-0.2, -0.15) is 13.2 Å². The Morgan fingerprint density at radius 2 is 1.36 bits per heavy atom. The van der Waals surface area contributed by atoms with Crippen LogP contribution in [0.2, 0.25) is 0 Å². The van der Waals surface area contributed by atoms with E-state index in [9.17, 15) is 13.2 Å². The summed E-state index contributed by atoms with van der Waals surface area (Å²) < 4.78 is 40.2. The Labute approximate surface area is 169 Å². The summed E-state index contributed by atoms with van der Waals surface area (Å²) in [5, 5.41) is 3.12. The third kappa shape index (κ3) is 8.05. The van der Waals surface area contributed by atoms with Gasteiger partial charge in [-0.05, 0) is 33.4 Å². The second kappa shape index (κ2) is 14.2. The molecule has 1 heterocycles. The highest BCUT2D eigenvalue weighted by molar-refractivity contribution is 5.57. The quantitative estimate of drug-likeness (QED) is 0.574. The molecule has 1 unspecified atom stereocenters. The minimum Gasteiger partial charge on any atom is -0.328 e. The van der Waals surface area contributed by atoms with Gasteiger partial charge >= 0.3 is 6.18 Å². The van der Waals surface area contributed by atoms with E-state index in [1.54, 1.807) is 4.57 Å². The van der Waals surface area contributed by atoms with Crippen molar-refractivity contribution in [2.45, 2.75) is 80.6 Å². The zero-order valence-electron chi connectivity index (χ0n) is 19.1. The molecule has 1 aromatic carbocycles. The van der Waals surface area contributed by atoms with Crippen LogP contribution in [-0.4, -0.2) is 16.6 Å². The minimum atomic E-state index is -4.44. The van der Waals surface area contributed by atoms with Crippen molar-refractivity contribution in [3.63, 3.8) is 0 Å². The monoisotopic (exact) mass is 401 g/mol. The molecule has 2 aromatic rings. The van der Waals surface area contributed by atoms with E-state index in [1.807, 2.05) is 93.6 Å². The molecule has 1 aromatic heterocycles. The number of benzene rings is 1. The van der Waals surface area contributed by atoms with Gasteiger partial charge in [0.05, 0.1) is 0 Å². The van der Waals surface area contributed by atoms with Gasteiger partial charge in [-0.1, -0.05) is 65.8 Å². The first-order chi connectivity index (χ1) is 13.2. The van der Waals surface area contributed by atoms with Crippen LogP contribution in [0.5, 0.6) is 0 Å². The van der Waals surface area contributed by atoms with Gasteiger partial charge in [0.15, 0.2) is 5.69 Å². The molecule has 162 valence electrons. The highest BCUT2D eigenvalue weighted by atomic mass is 19.4. The molecule has 0 saturated heterocycles. The smallest absolute Gasteiger partial charge is 0.328 e. The molecule has 6 heteroatoms. The van der Waals surface area contributed by atoms with Crippen molar-refractivity contribution < 1.29 is 13.2 Å². The summed E-state index contributed by atoms with van der Waals surface area (Å²) in [6.07, 6.45) is -3.36. The molecule has 1 atom stereocenters. The maximum Gasteiger partial charge on any atom is 0.434 e.